The molecule has 2 heterocycles. The van der Waals surface area contributed by atoms with Crippen molar-refractivity contribution in [2.45, 2.75) is 33.1 Å². The Bertz CT molecular complexity index is 781. The topological polar surface area (TPSA) is 56.4 Å². The van der Waals surface area contributed by atoms with E-state index in [1.54, 1.807) is 12.3 Å². The number of amides is 2. The summed E-state index contributed by atoms with van der Waals surface area (Å²) >= 11 is 0. The van der Waals surface area contributed by atoms with E-state index in [4.69, 9.17) is 0 Å². The molecule has 1 saturated heterocycles. The second kappa shape index (κ2) is 7.77. The van der Waals surface area contributed by atoms with Crippen molar-refractivity contribution in [2.75, 3.05) is 26.2 Å². The van der Waals surface area contributed by atoms with E-state index in [9.17, 15) is 9.59 Å². The lowest BCUT2D eigenvalue weighted by Crippen LogP contribution is -2.37. The van der Waals surface area contributed by atoms with Gasteiger partial charge in [-0.2, -0.15) is 0 Å². The van der Waals surface area contributed by atoms with Crippen LogP contribution >= 0.6 is 0 Å². The molecule has 0 aliphatic carbocycles. The summed E-state index contributed by atoms with van der Waals surface area (Å²) in [6.45, 7) is 8.73. The van der Waals surface area contributed by atoms with Crippen LogP contribution in [0.5, 0.6) is 0 Å². The molecule has 0 saturated carbocycles. The molecule has 26 heavy (non-hydrogen) atoms. The Morgan fingerprint density at radius 2 is 1.69 bits per heavy atom. The van der Waals surface area contributed by atoms with E-state index in [0.717, 1.165) is 17.5 Å². The van der Waals surface area contributed by atoms with Crippen LogP contribution in [-0.4, -0.2) is 52.8 Å². The highest BCUT2D eigenvalue weighted by Crippen LogP contribution is 2.21. The van der Waals surface area contributed by atoms with Crippen LogP contribution in [0.3, 0.4) is 0 Å². The van der Waals surface area contributed by atoms with Crippen molar-refractivity contribution in [2.24, 2.45) is 0 Å². The van der Waals surface area contributed by atoms with Gasteiger partial charge in [-0.15, -0.1) is 0 Å². The number of carbonyl (C=O) groups is 2. The van der Waals surface area contributed by atoms with Gasteiger partial charge in [0.1, 0.15) is 5.69 Å². The van der Waals surface area contributed by atoms with Gasteiger partial charge in [0.2, 0.25) is 0 Å². The summed E-state index contributed by atoms with van der Waals surface area (Å²) in [6.07, 6.45) is 2.55. The van der Waals surface area contributed by atoms with E-state index in [2.05, 4.69) is 24.9 Å². The molecule has 1 aliphatic rings. The maximum absolute atomic E-state index is 13.1. The van der Waals surface area contributed by atoms with Crippen molar-refractivity contribution in [3.63, 3.8) is 0 Å². The SMILES string of the molecule is Cc1ccc(C(C)C)cc1C(=O)N1CCCN(C(=O)c2ccc[nH]2)CC1. The predicted octanol–water partition coefficient (Wildman–Crippen LogP) is 3.43. The van der Waals surface area contributed by atoms with E-state index in [-0.39, 0.29) is 11.8 Å². The summed E-state index contributed by atoms with van der Waals surface area (Å²) in [5.41, 5.74) is 3.56. The summed E-state index contributed by atoms with van der Waals surface area (Å²) in [4.78, 5) is 32.3. The second-order valence-corrected chi connectivity index (χ2v) is 7.25. The number of hydrogen-bond acceptors (Lipinski definition) is 2. The molecule has 138 valence electrons. The third-order valence-corrected chi connectivity index (χ3v) is 5.06. The lowest BCUT2D eigenvalue weighted by Gasteiger charge is -2.23. The summed E-state index contributed by atoms with van der Waals surface area (Å²) in [5.74, 6) is 0.460. The number of aromatic amines is 1. The quantitative estimate of drug-likeness (QED) is 0.919. The average molecular weight is 353 g/mol. The standard InChI is InChI=1S/C21H27N3O2/c1-15(2)17-8-7-16(3)18(14-17)20(25)23-10-5-11-24(13-12-23)21(26)19-6-4-9-22-19/h4,6-9,14-15,22H,5,10-13H2,1-3H3. The summed E-state index contributed by atoms with van der Waals surface area (Å²) in [6, 6.07) is 9.76. The van der Waals surface area contributed by atoms with E-state index in [1.807, 2.05) is 34.9 Å². The van der Waals surface area contributed by atoms with Crippen LogP contribution in [0.1, 0.15) is 58.2 Å². The Labute approximate surface area is 155 Å². The summed E-state index contributed by atoms with van der Waals surface area (Å²) in [7, 11) is 0. The molecule has 0 spiro atoms. The van der Waals surface area contributed by atoms with Crippen LogP contribution < -0.4 is 0 Å². The molecule has 2 amide bonds. The minimum absolute atomic E-state index is 0.00212. The van der Waals surface area contributed by atoms with Crippen LogP contribution in [-0.2, 0) is 0 Å². The molecule has 0 unspecified atom stereocenters. The van der Waals surface area contributed by atoms with Gasteiger partial charge in [-0.05, 0) is 48.6 Å². The van der Waals surface area contributed by atoms with Crippen molar-refractivity contribution >= 4 is 11.8 Å². The fourth-order valence-corrected chi connectivity index (χ4v) is 3.36. The number of hydrogen-bond donors (Lipinski definition) is 1. The van der Waals surface area contributed by atoms with Crippen LogP contribution in [0.4, 0.5) is 0 Å². The molecule has 5 heteroatoms. The van der Waals surface area contributed by atoms with E-state index >= 15 is 0 Å². The molecule has 1 aromatic carbocycles. The molecule has 0 bridgehead atoms. The number of benzene rings is 1. The first-order valence-corrected chi connectivity index (χ1v) is 9.30. The highest BCUT2D eigenvalue weighted by atomic mass is 16.2. The molecule has 5 nitrogen and oxygen atoms in total. The Kier molecular flexibility index (Phi) is 5.45. The molecule has 1 N–H and O–H groups in total. The minimum atomic E-state index is 0.00212. The first-order chi connectivity index (χ1) is 12.5. The number of rotatable bonds is 3. The Morgan fingerprint density at radius 1 is 1.00 bits per heavy atom. The largest absolute Gasteiger partial charge is 0.357 e. The van der Waals surface area contributed by atoms with Crippen LogP contribution in [0.15, 0.2) is 36.5 Å². The van der Waals surface area contributed by atoms with Gasteiger partial charge in [-0.3, -0.25) is 9.59 Å². The van der Waals surface area contributed by atoms with Crippen LogP contribution in [0.25, 0.3) is 0 Å². The first kappa shape index (κ1) is 18.2. The lowest BCUT2D eigenvalue weighted by atomic mass is 9.97. The predicted molar refractivity (Wildman–Crippen MR) is 102 cm³/mol. The minimum Gasteiger partial charge on any atom is -0.357 e. The Morgan fingerprint density at radius 3 is 2.31 bits per heavy atom. The maximum atomic E-state index is 13.1. The maximum Gasteiger partial charge on any atom is 0.270 e. The van der Waals surface area contributed by atoms with Crippen molar-refractivity contribution in [3.05, 3.63) is 58.9 Å². The van der Waals surface area contributed by atoms with Crippen molar-refractivity contribution in [3.8, 4) is 0 Å². The zero-order valence-corrected chi connectivity index (χ0v) is 15.8. The molecule has 1 aliphatic heterocycles. The normalized spacial score (nSPS) is 15.2. The van der Waals surface area contributed by atoms with Crippen LogP contribution in [0.2, 0.25) is 0 Å². The molecular formula is C21H27N3O2. The molecule has 3 rings (SSSR count). The van der Waals surface area contributed by atoms with Gasteiger partial charge < -0.3 is 14.8 Å². The van der Waals surface area contributed by atoms with Crippen molar-refractivity contribution in [1.82, 2.24) is 14.8 Å². The number of carbonyl (C=O) groups excluding carboxylic acids is 2. The number of aryl methyl sites for hydroxylation is 1. The van der Waals surface area contributed by atoms with Gasteiger partial charge in [-0.25, -0.2) is 0 Å². The molecule has 0 atom stereocenters. The third kappa shape index (κ3) is 3.82. The second-order valence-electron chi connectivity index (χ2n) is 7.25. The fraction of sp³-hybridized carbons (Fsp3) is 0.429. The monoisotopic (exact) mass is 353 g/mol. The number of H-pyrrole nitrogens is 1. The smallest absolute Gasteiger partial charge is 0.270 e. The Hall–Kier alpha value is -2.56. The Balaban J connectivity index is 1.72. The van der Waals surface area contributed by atoms with Gasteiger partial charge in [0, 0.05) is 37.9 Å². The van der Waals surface area contributed by atoms with Gasteiger partial charge in [0.15, 0.2) is 0 Å². The van der Waals surface area contributed by atoms with Crippen molar-refractivity contribution in [1.29, 1.82) is 0 Å². The molecular weight excluding hydrogens is 326 g/mol. The first-order valence-electron chi connectivity index (χ1n) is 9.30. The summed E-state index contributed by atoms with van der Waals surface area (Å²) < 4.78 is 0. The molecule has 2 aromatic rings. The van der Waals surface area contributed by atoms with Crippen molar-refractivity contribution < 1.29 is 9.59 Å². The molecule has 0 radical (unpaired) electrons. The summed E-state index contributed by atoms with van der Waals surface area (Å²) in [5, 5.41) is 0. The average Bonchev–Trinajstić information content (AvgIpc) is 3.05. The van der Waals surface area contributed by atoms with Crippen LogP contribution in [0, 0.1) is 6.92 Å². The number of nitrogens with one attached hydrogen (secondary N) is 1. The van der Waals surface area contributed by atoms with Gasteiger partial charge >= 0.3 is 0 Å². The molecule has 1 fully saturated rings. The van der Waals surface area contributed by atoms with Gasteiger partial charge in [0.05, 0.1) is 0 Å². The number of nitrogens with zero attached hydrogens (tertiary/aromatic N) is 2. The highest BCUT2D eigenvalue weighted by molar-refractivity contribution is 5.96. The molecule has 1 aromatic heterocycles. The van der Waals surface area contributed by atoms with E-state index in [1.165, 1.54) is 5.56 Å². The van der Waals surface area contributed by atoms with Gasteiger partial charge in [-0.1, -0.05) is 26.0 Å². The lowest BCUT2D eigenvalue weighted by molar-refractivity contribution is 0.0715. The zero-order chi connectivity index (χ0) is 18.7. The third-order valence-electron chi connectivity index (χ3n) is 5.06. The zero-order valence-electron chi connectivity index (χ0n) is 15.8. The fourth-order valence-electron chi connectivity index (χ4n) is 3.36. The number of aromatic nitrogens is 1. The van der Waals surface area contributed by atoms with Gasteiger partial charge in [0.25, 0.3) is 11.8 Å². The van der Waals surface area contributed by atoms with E-state index < -0.39 is 0 Å². The van der Waals surface area contributed by atoms with E-state index in [0.29, 0.717) is 37.8 Å². The highest BCUT2D eigenvalue weighted by Gasteiger charge is 2.24.